The van der Waals surface area contributed by atoms with Crippen LogP contribution >= 0.6 is 0 Å². The molecule has 0 saturated carbocycles. The van der Waals surface area contributed by atoms with Crippen LogP contribution in [0.1, 0.15) is 24.2 Å². The molecule has 0 unspecified atom stereocenters. The lowest BCUT2D eigenvalue weighted by molar-refractivity contribution is 0.102. The van der Waals surface area contributed by atoms with E-state index in [2.05, 4.69) is 22.0 Å². The Morgan fingerprint density at radius 2 is 1.57 bits per heavy atom. The Hall–Kier alpha value is -3.36. The van der Waals surface area contributed by atoms with Crippen molar-refractivity contribution in [2.24, 2.45) is 0 Å². The highest BCUT2D eigenvalue weighted by Crippen LogP contribution is 2.28. The number of para-hydroxylation sites is 3. The van der Waals surface area contributed by atoms with E-state index in [0.29, 0.717) is 11.3 Å². The Morgan fingerprint density at radius 3 is 2.26 bits per heavy atom. The number of hydrogen-bond donors (Lipinski definition) is 1. The van der Waals surface area contributed by atoms with Crippen molar-refractivity contribution in [3.05, 3.63) is 84.4 Å². The van der Waals surface area contributed by atoms with Gasteiger partial charge in [-0.15, -0.1) is 0 Å². The van der Waals surface area contributed by atoms with Gasteiger partial charge in [0.25, 0.3) is 15.9 Å². The van der Waals surface area contributed by atoms with E-state index in [1.807, 2.05) is 30.3 Å². The quantitative estimate of drug-likeness (QED) is 0.508. The molecule has 8 heteroatoms. The number of anilines is 3. The van der Waals surface area contributed by atoms with Crippen molar-refractivity contribution in [2.75, 3.05) is 53.8 Å². The predicted molar refractivity (Wildman–Crippen MR) is 142 cm³/mol. The molecular weight excluding hydrogens is 460 g/mol. The fraction of sp³-hybridized carbons (Fsp3) is 0.296. The van der Waals surface area contributed by atoms with E-state index in [1.165, 1.54) is 16.4 Å². The van der Waals surface area contributed by atoms with Crippen molar-refractivity contribution in [1.82, 2.24) is 4.90 Å². The molecule has 184 valence electrons. The zero-order chi connectivity index (χ0) is 24.8. The molecule has 3 aromatic rings. The van der Waals surface area contributed by atoms with E-state index in [4.69, 9.17) is 0 Å². The topological polar surface area (TPSA) is 73.0 Å². The third-order valence-electron chi connectivity index (χ3n) is 6.33. The second kappa shape index (κ2) is 10.9. The molecule has 0 atom stereocenters. The van der Waals surface area contributed by atoms with Crippen LogP contribution in [0, 0.1) is 0 Å². The van der Waals surface area contributed by atoms with Crippen molar-refractivity contribution >= 4 is 33.0 Å². The van der Waals surface area contributed by atoms with E-state index in [-0.39, 0.29) is 17.3 Å². The van der Waals surface area contributed by atoms with Gasteiger partial charge in [0, 0.05) is 38.3 Å². The van der Waals surface area contributed by atoms with Gasteiger partial charge in [-0.3, -0.25) is 9.10 Å². The molecule has 1 aliphatic rings. The largest absolute Gasteiger partial charge is 0.367 e. The monoisotopic (exact) mass is 492 g/mol. The molecule has 1 aliphatic heterocycles. The number of nitrogens with zero attached hydrogens (tertiary/aromatic N) is 3. The van der Waals surface area contributed by atoms with E-state index in [1.54, 1.807) is 43.3 Å². The Bertz CT molecular complexity index is 1260. The molecule has 7 nitrogen and oxygen atoms in total. The summed E-state index contributed by atoms with van der Waals surface area (Å²) in [5, 5.41) is 3.00. The number of benzene rings is 3. The van der Waals surface area contributed by atoms with Gasteiger partial charge < -0.3 is 15.1 Å². The molecule has 1 amide bonds. The first kappa shape index (κ1) is 24.8. The third kappa shape index (κ3) is 5.49. The van der Waals surface area contributed by atoms with Gasteiger partial charge in [0.2, 0.25) is 0 Å². The highest BCUT2D eigenvalue weighted by Gasteiger charge is 2.25. The molecule has 4 rings (SSSR count). The summed E-state index contributed by atoms with van der Waals surface area (Å²) in [6.07, 6.45) is 0. The zero-order valence-corrected chi connectivity index (χ0v) is 21.0. The number of nitrogens with one attached hydrogen (secondary N) is 1. The van der Waals surface area contributed by atoms with E-state index in [0.717, 1.165) is 44.1 Å². The zero-order valence-electron chi connectivity index (χ0n) is 20.2. The highest BCUT2D eigenvalue weighted by molar-refractivity contribution is 7.92. The van der Waals surface area contributed by atoms with Gasteiger partial charge in [-0.05, 0) is 55.9 Å². The van der Waals surface area contributed by atoms with Crippen molar-refractivity contribution in [3.63, 3.8) is 0 Å². The standard InChI is InChI=1S/C27H32N4O3S/c1-3-29-17-19-30(20-18-29)26-16-9-8-15-25(26)28-27(32)22-11-10-14-24(21-22)35(33,34)31(4-2)23-12-6-5-7-13-23/h5-16,21H,3-4,17-20H2,1-2H3,(H,28,32). The minimum atomic E-state index is -3.83. The van der Waals surface area contributed by atoms with Crippen LogP contribution in [0.4, 0.5) is 17.1 Å². The molecule has 0 spiro atoms. The molecule has 0 bridgehead atoms. The summed E-state index contributed by atoms with van der Waals surface area (Å²) in [7, 11) is -3.83. The number of carbonyl (C=O) groups excluding carboxylic acids is 1. The maximum Gasteiger partial charge on any atom is 0.264 e. The first-order valence-corrected chi connectivity index (χ1v) is 13.4. The fourth-order valence-corrected chi connectivity index (χ4v) is 5.89. The van der Waals surface area contributed by atoms with Crippen LogP contribution in [0.25, 0.3) is 0 Å². The number of amides is 1. The lowest BCUT2D eigenvalue weighted by Gasteiger charge is -2.36. The van der Waals surface area contributed by atoms with Crippen LogP contribution in [0.5, 0.6) is 0 Å². The summed E-state index contributed by atoms with van der Waals surface area (Å²) in [4.78, 5) is 18.0. The average molecular weight is 493 g/mol. The van der Waals surface area contributed by atoms with Gasteiger partial charge in [0.1, 0.15) is 0 Å². The lowest BCUT2D eigenvalue weighted by atomic mass is 10.1. The molecule has 1 heterocycles. The number of rotatable bonds is 8. The first-order chi connectivity index (χ1) is 16.9. The fourth-order valence-electron chi connectivity index (χ4n) is 4.37. The van der Waals surface area contributed by atoms with Crippen LogP contribution in [-0.2, 0) is 10.0 Å². The van der Waals surface area contributed by atoms with E-state index < -0.39 is 10.0 Å². The Kier molecular flexibility index (Phi) is 7.73. The maximum atomic E-state index is 13.4. The highest BCUT2D eigenvalue weighted by atomic mass is 32.2. The Balaban J connectivity index is 1.56. The normalized spacial score (nSPS) is 14.5. The maximum absolute atomic E-state index is 13.4. The molecule has 0 radical (unpaired) electrons. The van der Waals surface area contributed by atoms with Crippen molar-refractivity contribution in [2.45, 2.75) is 18.7 Å². The van der Waals surface area contributed by atoms with Crippen LogP contribution in [0.15, 0.2) is 83.8 Å². The van der Waals surface area contributed by atoms with Gasteiger partial charge in [0.05, 0.1) is 22.0 Å². The Morgan fingerprint density at radius 1 is 0.886 bits per heavy atom. The second-order valence-corrected chi connectivity index (χ2v) is 10.3. The third-order valence-corrected chi connectivity index (χ3v) is 8.23. The molecule has 3 aromatic carbocycles. The van der Waals surface area contributed by atoms with Gasteiger partial charge >= 0.3 is 0 Å². The summed E-state index contributed by atoms with van der Waals surface area (Å²) in [5.74, 6) is -0.343. The minimum Gasteiger partial charge on any atom is -0.367 e. The number of carbonyl (C=O) groups is 1. The number of sulfonamides is 1. The van der Waals surface area contributed by atoms with Crippen LogP contribution in [-0.4, -0.2) is 58.5 Å². The van der Waals surface area contributed by atoms with Crippen LogP contribution in [0.2, 0.25) is 0 Å². The predicted octanol–water partition coefficient (Wildman–Crippen LogP) is 4.30. The molecule has 1 N–H and O–H groups in total. The van der Waals surface area contributed by atoms with Crippen molar-refractivity contribution in [1.29, 1.82) is 0 Å². The number of hydrogen-bond acceptors (Lipinski definition) is 5. The summed E-state index contributed by atoms with van der Waals surface area (Å²) in [5.41, 5.74) is 2.57. The summed E-state index contributed by atoms with van der Waals surface area (Å²) in [6.45, 7) is 9.01. The van der Waals surface area contributed by atoms with Gasteiger partial charge in [0.15, 0.2) is 0 Å². The molecule has 0 aromatic heterocycles. The number of likely N-dealkylation sites (N-methyl/N-ethyl adjacent to an activating group) is 1. The first-order valence-electron chi connectivity index (χ1n) is 12.0. The summed E-state index contributed by atoms with van der Waals surface area (Å²) >= 11 is 0. The average Bonchev–Trinajstić information content (AvgIpc) is 2.90. The summed E-state index contributed by atoms with van der Waals surface area (Å²) in [6, 6.07) is 22.9. The van der Waals surface area contributed by atoms with Crippen LogP contribution in [0.3, 0.4) is 0 Å². The van der Waals surface area contributed by atoms with Crippen molar-refractivity contribution < 1.29 is 13.2 Å². The molecular formula is C27H32N4O3S. The minimum absolute atomic E-state index is 0.0832. The van der Waals surface area contributed by atoms with Gasteiger partial charge in [-0.25, -0.2) is 8.42 Å². The molecule has 0 aliphatic carbocycles. The number of piperazine rings is 1. The molecule has 1 fully saturated rings. The van der Waals surface area contributed by atoms with Gasteiger partial charge in [-0.1, -0.05) is 43.3 Å². The van der Waals surface area contributed by atoms with Crippen LogP contribution < -0.4 is 14.5 Å². The van der Waals surface area contributed by atoms with E-state index >= 15 is 0 Å². The molecule has 35 heavy (non-hydrogen) atoms. The van der Waals surface area contributed by atoms with Gasteiger partial charge in [-0.2, -0.15) is 0 Å². The lowest BCUT2D eigenvalue weighted by Crippen LogP contribution is -2.46. The van der Waals surface area contributed by atoms with Crippen molar-refractivity contribution in [3.8, 4) is 0 Å². The SMILES string of the molecule is CCN1CCN(c2ccccc2NC(=O)c2cccc(S(=O)(=O)N(CC)c3ccccc3)c2)CC1. The molecule has 1 saturated heterocycles. The smallest absolute Gasteiger partial charge is 0.264 e. The summed E-state index contributed by atoms with van der Waals surface area (Å²) < 4.78 is 28.1. The van der Waals surface area contributed by atoms with E-state index in [9.17, 15) is 13.2 Å². The second-order valence-electron chi connectivity index (χ2n) is 8.43. The Labute approximate surface area is 208 Å².